The predicted octanol–water partition coefficient (Wildman–Crippen LogP) is 2.20. The Kier molecular flexibility index (Phi) is 4.49. The molecule has 0 fully saturated rings. The van der Waals surface area contributed by atoms with E-state index in [2.05, 4.69) is 15.4 Å². The number of amides is 1. The molecular formula is C21H19N5O2. The van der Waals surface area contributed by atoms with Crippen molar-refractivity contribution < 1.29 is 4.79 Å². The molecule has 1 N–H and O–H groups in total. The maximum absolute atomic E-state index is 12.9. The smallest absolute Gasteiger partial charge is 0.260 e. The van der Waals surface area contributed by atoms with Crippen LogP contribution in [0, 0.1) is 0 Å². The molecule has 0 saturated carbocycles. The van der Waals surface area contributed by atoms with Crippen LogP contribution in [0.3, 0.4) is 0 Å². The van der Waals surface area contributed by atoms with Crippen LogP contribution >= 0.6 is 0 Å². The molecule has 7 heteroatoms. The molecule has 0 aliphatic heterocycles. The molecule has 140 valence electrons. The normalized spacial score (nSPS) is 10.9. The molecule has 1 amide bonds. The molecule has 0 aliphatic rings. The number of carbonyl (C=O) groups is 1. The van der Waals surface area contributed by atoms with Crippen molar-refractivity contribution in [3.63, 3.8) is 0 Å². The fourth-order valence-electron chi connectivity index (χ4n) is 3.22. The van der Waals surface area contributed by atoms with Gasteiger partial charge in [-0.25, -0.2) is 0 Å². The topological polar surface area (TPSA) is 81.8 Å². The highest BCUT2D eigenvalue weighted by Gasteiger charge is 2.10. The lowest BCUT2D eigenvalue weighted by Crippen LogP contribution is -2.21. The van der Waals surface area contributed by atoms with Crippen molar-refractivity contribution in [1.29, 1.82) is 0 Å². The predicted molar refractivity (Wildman–Crippen MR) is 107 cm³/mol. The molecule has 0 atom stereocenters. The first-order valence-electron chi connectivity index (χ1n) is 8.85. The summed E-state index contributed by atoms with van der Waals surface area (Å²) < 4.78 is 3.37. The summed E-state index contributed by atoms with van der Waals surface area (Å²) in [5, 5.41) is 8.14. The van der Waals surface area contributed by atoms with Gasteiger partial charge in [0.05, 0.1) is 23.3 Å². The largest absolute Gasteiger partial charge is 0.355 e. The highest BCUT2D eigenvalue weighted by molar-refractivity contribution is 5.94. The summed E-state index contributed by atoms with van der Waals surface area (Å²) >= 11 is 0. The average molecular weight is 373 g/mol. The summed E-state index contributed by atoms with van der Waals surface area (Å²) in [6.07, 6.45) is 5.09. The van der Waals surface area contributed by atoms with Crippen molar-refractivity contribution in [1.82, 2.24) is 24.6 Å². The van der Waals surface area contributed by atoms with Crippen LogP contribution in [0.1, 0.15) is 15.9 Å². The van der Waals surface area contributed by atoms with Crippen molar-refractivity contribution >= 4 is 16.7 Å². The van der Waals surface area contributed by atoms with Gasteiger partial charge in [0.25, 0.3) is 11.5 Å². The van der Waals surface area contributed by atoms with Crippen LogP contribution in [0.15, 0.2) is 65.8 Å². The lowest BCUT2D eigenvalue weighted by atomic mass is 10.1. The highest BCUT2D eigenvalue weighted by atomic mass is 16.1. The van der Waals surface area contributed by atoms with E-state index in [0.29, 0.717) is 17.5 Å². The molecule has 0 radical (unpaired) electrons. The number of fused-ring (bicyclic) bond motifs is 1. The molecule has 7 nitrogen and oxygen atoms in total. The van der Waals surface area contributed by atoms with Crippen molar-refractivity contribution in [3.8, 4) is 11.4 Å². The average Bonchev–Trinajstić information content (AvgIpc) is 3.15. The Bertz CT molecular complexity index is 1240. The van der Waals surface area contributed by atoms with E-state index >= 15 is 0 Å². The second kappa shape index (κ2) is 7.11. The summed E-state index contributed by atoms with van der Waals surface area (Å²) in [7, 11) is 3.45. The van der Waals surface area contributed by atoms with Gasteiger partial charge in [-0.3, -0.25) is 19.3 Å². The third-order valence-electron chi connectivity index (χ3n) is 4.71. The minimum absolute atomic E-state index is 0.119. The number of benzene rings is 1. The molecule has 0 aliphatic carbocycles. The lowest BCUT2D eigenvalue weighted by molar-refractivity contribution is 0.0963. The zero-order chi connectivity index (χ0) is 19.7. The third-order valence-corrected chi connectivity index (χ3v) is 4.71. The van der Waals surface area contributed by atoms with E-state index < -0.39 is 0 Å². The van der Waals surface area contributed by atoms with E-state index in [1.807, 2.05) is 37.4 Å². The van der Waals surface area contributed by atoms with Crippen LogP contribution < -0.4 is 10.9 Å². The van der Waals surface area contributed by atoms with Crippen LogP contribution in [0.5, 0.6) is 0 Å². The summed E-state index contributed by atoms with van der Waals surface area (Å²) in [6.45, 7) is 0.378. The molecule has 0 spiro atoms. The van der Waals surface area contributed by atoms with Gasteiger partial charge in [0.2, 0.25) is 0 Å². The monoisotopic (exact) mass is 373 g/mol. The molecule has 3 heterocycles. The van der Waals surface area contributed by atoms with Gasteiger partial charge in [0.15, 0.2) is 0 Å². The number of aryl methyl sites for hydroxylation is 1. The fraction of sp³-hybridized carbons (Fsp3) is 0.143. The zero-order valence-electron chi connectivity index (χ0n) is 15.6. The SMILES string of the molecule is CNC(=O)c1cccc(Cn2ccc3cc(-c4ccnn4C)ncc3c2=O)c1. The van der Waals surface area contributed by atoms with Crippen LogP contribution in [0.4, 0.5) is 0 Å². The Morgan fingerprint density at radius 1 is 1.18 bits per heavy atom. The van der Waals surface area contributed by atoms with Crippen LogP contribution in [-0.2, 0) is 13.6 Å². The molecule has 0 unspecified atom stereocenters. The molecule has 1 aromatic carbocycles. The van der Waals surface area contributed by atoms with Gasteiger partial charge in [-0.15, -0.1) is 0 Å². The molecular weight excluding hydrogens is 354 g/mol. The van der Waals surface area contributed by atoms with E-state index in [-0.39, 0.29) is 11.5 Å². The van der Waals surface area contributed by atoms with Gasteiger partial charge in [0.1, 0.15) is 0 Å². The third kappa shape index (κ3) is 3.18. The standard InChI is InChI=1S/C21H19N5O2/c1-22-20(27)16-5-3-4-14(10-16)13-26-9-7-15-11-18(19-6-8-24-25(19)2)23-12-17(15)21(26)28/h3-12H,13H2,1-2H3,(H,22,27). The first-order chi connectivity index (χ1) is 13.6. The van der Waals surface area contributed by atoms with E-state index in [9.17, 15) is 9.59 Å². The van der Waals surface area contributed by atoms with E-state index in [1.54, 1.807) is 47.0 Å². The number of carbonyl (C=O) groups excluding carboxylic acids is 1. The molecule has 3 aromatic heterocycles. The van der Waals surface area contributed by atoms with E-state index in [0.717, 1.165) is 22.3 Å². The number of nitrogens with zero attached hydrogens (tertiary/aromatic N) is 4. The Labute approximate surface area is 161 Å². The van der Waals surface area contributed by atoms with E-state index in [4.69, 9.17) is 0 Å². The quantitative estimate of drug-likeness (QED) is 0.595. The molecule has 0 bridgehead atoms. The van der Waals surface area contributed by atoms with Crippen molar-refractivity contribution in [2.45, 2.75) is 6.54 Å². The highest BCUT2D eigenvalue weighted by Crippen LogP contribution is 2.19. The van der Waals surface area contributed by atoms with Gasteiger partial charge < -0.3 is 9.88 Å². The van der Waals surface area contributed by atoms with Crippen molar-refractivity contribution in [2.75, 3.05) is 7.05 Å². The zero-order valence-corrected chi connectivity index (χ0v) is 15.6. The van der Waals surface area contributed by atoms with Gasteiger partial charge in [-0.05, 0) is 41.3 Å². The van der Waals surface area contributed by atoms with Gasteiger partial charge >= 0.3 is 0 Å². The number of aromatic nitrogens is 4. The van der Waals surface area contributed by atoms with Crippen LogP contribution in [0.25, 0.3) is 22.2 Å². The first-order valence-corrected chi connectivity index (χ1v) is 8.85. The summed E-state index contributed by atoms with van der Waals surface area (Å²) in [5.74, 6) is -0.153. The Balaban J connectivity index is 1.70. The number of hydrogen-bond donors (Lipinski definition) is 1. The Hall–Kier alpha value is -3.74. The van der Waals surface area contributed by atoms with Crippen molar-refractivity contribution in [3.05, 3.63) is 82.5 Å². The number of rotatable bonds is 4. The van der Waals surface area contributed by atoms with Crippen LogP contribution in [0.2, 0.25) is 0 Å². The van der Waals surface area contributed by atoms with Crippen molar-refractivity contribution in [2.24, 2.45) is 7.05 Å². The number of nitrogens with one attached hydrogen (secondary N) is 1. The molecule has 28 heavy (non-hydrogen) atoms. The minimum atomic E-state index is -0.153. The molecule has 4 rings (SSSR count). The van der Waals surface area contributed by atoms with Gasteiger partial charge in [-0.2, -0.15) is 5.10 Å². The van der Waals surface area contributed by atoms with Gasteiger partial charge in [0, 0.05) is 38.2 Å². The maximum atomic E-state index is 12.9. The lowest BCUT2D eigenvalue weighted by Gasteiger charge is -2.09. The summed E-state index contributed by atoms with van der Waals surface area (Å²) in [6, 6.07) is 12.9. The Morgan fingerprint density at radius 2 is 2.04 bits per heavy atom. The maximum Gasteiger partial charge on any atom is 0.260 e. The molecule has 4 aromatic rings. The second-order valence-corrected chi connectivity index (χ2v) is 6.53. The second-order valence-electron chi connectivity index (χ2n) is 6.53. The first kappa shape index (κ1) is 17.7. The summed E-state index contributed by atoms with van der Waals surface area (Å²) in [5.41, 5.74) is 2.98. The number of hydrogen-bond acceptors (Lipinski definition) is 4. The number of pyridine rings is 2. The molecule has 0 saturated heterocycles. The van der Waals surface area contributed by atoms with Crippen LogP contribution in [-0.4, -0.2) is 32.3 Å². The summed E-state index contributed by atoms with van der Waals surface area (Å²) in [4.78, 5) is 29.2. The minimum Gasteiger partial charge on any atom is -0.355 e. The van der Waals surface area contributed by atoms with Gasteiger partial charge in [-0.1, -0.05) is 12.1 Å². The van der Waals surface area contributed by atoms with E-state index in [1.165, 1.54) is 0 Å². The fourth-order valence-corrected chi connectivity index (χ4v) is 3.22. The Morgan fingerprint density at radius 3 is 2.79 bits per heavy atom.